The molecule has 0 aromatic heterocycles. The Balaban J connectivity index is 2.27. The molecule has 0 radical (unpaired) electrons. The SMILES string of the molecule is COC(=O)[C@H]1CCN(C)[C@H]1c1ccc(O)cc1. The third kappa shape index (κ3) is 2.26. The molecule has 0 bridgehead atoms. The van der Waals surface area contributed by atoms with Crippen LogP contribution in [0, 0.1) is 5.92 Å². The molecule has 1 N–H and O–H groups in total. The predicted molar refractivity (Wildman–Crippen MR) is 63.6 cm³/mol. The van der Waals surface area contributed by atoms with Gasteiger partial charge in [-0.25, -0.2) is 0 Å². The Labute approximate surface area is 101 Å². The highest BCUT2D eigenvalue weighted by molar-refractivity contribution is 5.74. The van der Waals surface area contributed by atoms with Gasteiger partial charge in [-0.05, 0) is 37.7 Å². The Bertz CT molecular complexity index is 402. The minimum atomic E-state index is -0.160. The maximum absolute atomic E-state index is 11.7. The summed E-state index contributed by atoms with van der Waals surface area (Å²) in [4.78, 5) is 13.9. The van der Waals surface area contributed by atoms with Crippen LogP contribution in [0.2, 0.25) is 0 Å². The summed E-state index contributed by atoms with van der Waals surface area (Å²) in [7, 11) is 3.43. The largest absolute Gasteiger partial charge is 0.508 e. The lowest BCUT2D eigenvalue weighted by atomic mass is 9.94. The number of esters is 1. The van der Waals surface area contributed by atoms with Crippen LogP contribution < -0.4 is 0 Å². The van der Waals surface area contributed by atoms with E-state index in [9.17, 15) is 9.90 Å². The molecule has 1 saturated heterocycles. The Morgan fingerprint density at radius 2 is 2.06 bits per heavy atom. The van der Waals surface area contributed by atoms with Gasteiger partial charge in [0.1, 0.15) is 5.75 Å². The number of hydrogen-bond acceptors (Lipinski definition) is 4. The maximum atomic E-state index is 11.7. The highest BCUT2D eigenvalue weighted by atomic mass is 16.5. The van der Waals surface area contributed by atoms with E-state index in [0.717, 1.165) is 18.5 Å². The van der Waals surface area contributed by atoms with Crippen molar-refractivity contribution in [2.24, 2.45) is 5.92 Å². The van der Waals surface area contributed by atoms with Crippen molar-refractivity contribution in [1.29, 1.82) is 0 Å². The van der Waals surface area contributed by atoms with Gasteiger partial charge in [0.05, 0.1) is 13.0 Å². The summed E-state index contributed by atoms with van der Waals surface area (Å²) in [5, 5.41) is 9.28. The van der Waals surface area contributed by atoms with E-state index in [1.165, 1.54) is 7.11 Å². The van der Waals surface area contributed by atoms with Crippen LogP contribution in [0.5, 0.6) is 5.75 Å². The summed E-state index contributed by atoms with van der Waals surface area (Å²) in [6, 6.07) is 7.06. The molecule has 0 saturated carbocycles. The summed E-state index contributed by atoms with van der Waals surface area (Å²) in [5.74, 6) is -0.0361. The molecular formula is C13H17NO3. The number of likely N-dealkylation sites (tertiary alicyclic amines) is 1. The van der Waals surface area contributed by atoms with Gasteiger partial charge in [0, 0.05) is 6.04 Å². The third-order valence-corrected chi connectivity index (χ3v) is 3.39. The number of phenolic OH excluding ortho intramolecular Hbond substituents is 1. The van der Waals surface area contributed by atoms with Crippen LogP contribution >= 0.6 is 0 Å². The van der Waals surface area contributed by atoms with E-state index < -0.39 is 0 Å². The number of phenols is 1. The zero-order chi connectivity index (χ0) is 12.4. The van der Waals surface area contributed by atoms with Crippen molar-refractivity contribution < 1.29 is 14.6 Å². The van der Waals surface area contributed by atoms with Crippen molar-refractivity contribution in [1.82, 2.24) is 4.90 Å². The number of carbonyl (C=O) groups is 1. The average molecular weight is 235 g/mol. The van der Waals surface area contributed by atoms with E-state index in [2.05, 4.69) is 4.90 Å². The number of rotatable bonds is 2. The molecule has 0 spiro atoms. The first-order valence-corrected chi connectivity index (χ1v) is 5.70. The Kier molecular flexibility index (Phi) is 3.33. The molecule has 0 unspecified atom stereocenters. The van der Waals surface area contributed by atoms with Gasteiger partial charge in [-0.3, -0.25) is 9.69 Å². The van der Waals surface area contributed by atoms with E-state index >= 15 is 0 Å². The number of ether oxygens (including phenoxy) is 1. The fourth-order valence-electron chi connectivity index (χ4n) is 2.50. The van der Waals surface area contributed by atoms with Gasteiger partial charge in [-0.1, -0.05) is 12.1 Å². The first-order chi connectivity index (χ1) is 8.13. The fourth-order valence-corrected chi connectivity index (χ4v) is 2.50. The Hall–Kier alpha value is -1.55. The number of nitrogens with zero attached hydrogens (tertiary/aromatic N) is 1. The van der Waals surface area contributed by atoms with Crippen molar-refractivity contribution >= 4 is 5.97 Å². The quantitative estimate of drug-likeness (QED) is 0.790. The summed E-state index contributed by atoms with van der Waals surface area (Å²) in [5.41, 5.74) is 1.04. The summed E-state index contributed by atoms with van der Waals surface area (Å²) < 4.78 is 4.84. The predicted octanol–water partition coefficient (Wildman–Crippen LogP) is 1.56. The van der Waals surface area contributed by atoms with Crippen molar-refractivity contribution in [3.8, 4) is 5.75 Å². The second-order valence-corrected chi connectivity index (χ2v) is 4.44. The first-order valence-electron chi connectivity index (χ1n) is 5.70. The van der Waals surface area contributed by atoms with Crippen molar-refractivity contribution in [2.45, 2.75) is 12.5 Å². The van der Waals surface area contributed by atoms with Gasteiger partial charge < -0.3 is 9.84 Å². The van der Waals surface area contributed by atoms with E-state index in [0.29, 0.717) is 0 Å². The Morgan fingerprint density at radius 3 is 2.65 bits per heavy atom. The lowest BCUT2D eigenvalue weighted by Crippen LogP contribution is -2.26. The zero-order valence-electron chi connectivity index (χ0n) is 10.1. The van der Waals surface area contributed by atoms with Gasteiger partial charge in [0.2, 0.25) is 0 Å². The third-order valence-electron chi connectivity index (χ3n) is 3.39. The van der Waals surface area contributed by atoms with Crippen LogP contribution in [0.25, 0.3) is 0 Å². The van der Waals surface area contributed by atoms with E-state index in [1.54, 1.807) is 12.1 Å². The van der Waals surface area contributed by atoms with Gasteiger partial charge in [-0.15, -0.1) is 0 Å². The molecule has 1 heterocycles. The second-order valence-electron chi connectivity index (χ2n) is 4.44. The van der Waals surface area contributed by atoms with E-state index in [1.807, 2.05) is 19.2 Å². The highest BCUT2D eigenvalue weighted by Crippen LogP contribution is 2.37. The van der Waals surface area contributed by atoms with Gasteiger partial charge in [0.15, 0.2) is 0 Å². The minimum absolute atomic E-state index is 0.0445. The smallest absolute Gasteiger partial charge is 0.310 e. The van der Waals surface area contributed by atoms with E-state index in [4.69, 9.17) is 4.74 Å². The van der Waals surface area contributed by atoms with E-state index in [-0.39, 0.29) is 23.7 Å². The summed E-state index contributed by atoms with van der Waals surface area (Å²) in [6.07, 6.45) is 0.814. The molecule has 0 amide bonds. The van der Waals surface area contributed by atoms with Crippen LogP contribution in [0.15, 0.2) is 24.3 Å². The molecular weight excluding hydrogens is 218 g/mol. The van der Waals surface area contributed by atoms with Crippen LogP contribution in [-0.2, 0) is 9.53 Å². The highest BCUT2D eigenvalue weighted by Gasteiger charge is 2.38. The molecule has 4 nitrogen and oxygen atoms in total. The monoisotopic (exact) mass is 235 g/mol. The molecule has 0 aliphatic carbocycles. The van der Waals surface area contributed by atoms with Crippen LogP contribution in [0.3, 0.4) is 0 Å². The first kappa shape index (κ1) is 11.9. The number of carbonyl (C=O) groups excluding carboxylic acids is 1. The van der Waals surface area contributed by atoms with Crippen molar-refractivity contribution in [3.05, 3.63) is 29.8 Å². The lowest BCUT2D eigenvalue weighted by molar-refractivity contribution is -0.146. The topological polar surface area (TPSA) is 49.8 Å². The number of hydrogen-bond donors (Lipinski definition) is 1. The standard InChI is InChI=1S/C13H17NO3/c1-14-8-7-11(13(16)17-2)12(14)9-3-5-10(15)6-4-9/h3-6,11-12,15H,7-8H2,1-2H3/t11-,12-/m0/s1. The minimum Gasteiger partial charge on any atom is -0.508 e. The molecule has 92 valence electrons. The molecule has 2 atom stereocenters. The zero-order valence-corrected chi connectivity index (χ0v) is 10.1. The number of aromatic hydroxyl groups is 1. The maximum Gasteiger partial charge on any atom is 0.310 e. The van der Waals surface area contributed by atoms with Crippen LogP contribution in [0.4, 0.5) is 0 Å². The summed E-state index contributed by atoms with van der Waals surface area (Å²) in [6.45, 7) is 0.880. The Morgan fingerprint density at radius 1 is 1.41 bits per heavy atom. The number of methoxy groups -OCH3 is 1. The fraction of sp³-hybridized carbons (Fsp3) is 0.462. The molecule has 1 fully saturated rings. The van der Waals surface area contributed by atoms with Crippen LogP contribution in [0.1, 0.15) is 18.0 Å². The number of benzene rings is 1. The van der Waals surface area contributed by atoms with Gasteiger partial charge in [-0.2, -0.15) is 0 Å². The van der Waals surface area contributed by atoms with Crippen LogP contribution in [-0.4, -0.2) is 36.7 Å². The van der Waals surface area contributed by atoms with Gasteiger partial charge >= 0.3 is 5.97 Å². The molecule has 1 aromatic rings. The van der Waals surface area contributed by atoms with Crippen molar-refractivity contribution in [3.63, 3.8) is 0 Å². The second kappa shape index (κ2) is 4.75. The van der Waals surface area contributed by atoms with Gasteiger partial charge in [0.25, 0.3) is 0 Å². The molecule has 1 aliphatic rings. The molecule has 1 aromatic carbocycles. The molecule has 1 aliphatic heterocycles. The molecule has 2 rings (SSSR count). The molecule has 17 heavy (non-hydrogen) atoms. The van der Waals surface area contributed by atoms with Crippen molar-refractivity contribution in [2.75, 3.05) is 20.7 Å². The average Bonchev–Trinajstić information content (AvgIpc) is 2.71. The molecule has 4 heteroatoms. The summed E-state index contributed by atoms with van der Waals surface area (Å²) >= 11 is 0. The lowest BCUT2D eigenvalue weighted by Gasteiger charge is -2.24. The normalized spacial score (nSPS) is 24.8.